The highest BCUT2D eigenvalue weighted by atomic mass is 32.2. The van der Waals surface area contributed by atoms with E-state index in [9.17, 15) is 0 Å². The average Bonchev–Trinajstić information content (AvgIpc) is 2.68. The molecule has 90 valence electrons. The molecule has 3 rings (SSSR count). The molecule has 0 bridgehead atoms. The zero-order chi connectivity index (χ0) is 11.9. The molecule has 17 heavy (non-hydrogen) atoms. The molecular formula is C14H18N2S. The van der Waals surface area contributed by atoms with Crippen LogP contribution in [0.4, 0.5) is 5.69 Å². The fourth-order valence-corrected chi connectivity index (χ4v) is 3.56. The van der Waals surface area contributed by atoms with Crippen LogP contribution in [0.5, 0.6) is 0 Å². The van der Waals surface area contributed by atoms with Crippen LogP contribution in [0.2, 0.25) is 0 Å². The highest BCUT2D eigenvalue weighted by Crippen LogP contribution is 2.38. The molecule has 0 spiro atoms. The lowest BCUT2D eigenvalue weighted by atomic mass is 9.95. The number of hydrogen-bond acceptors (Lipinski definition) is 3. The molecule has 2 aliphatic rings. The molecule has 2 aliphatic heterocycles. The van der Waals surface area contributed by atoms with Gasteiger partial charge in [0.1, 0.15) is 0 Å². The fraction of sp³-hybridized carbons (Fsp3) is 0.429. The van der Waals surface area contributed by atoms with Gasteiger partial charge in [0.2, 0.25) is 0 Å². The van der Waals surface area contributed by atoms with Crippen LogP contribution in [0.15, 0.2) is 36.0 Å². The number of anilines is 1. The van der Waals surface area contributed by atoms with Gasteiger partial charge < -0.3 is 5.32 Å². The van der Waals surface area contributed by atoms with Gasteiger partial charge in [0.15, 0.2) is 0 Å². The number of para-hydroxylation sites is 1. The summed E-state index contributed by atoms with van der Waals surface area (Å²) in [5.41, 5.74) is 3.98. The third kappa shape index (κ3) is 1.98. The van der Waals surface area contributed by atoms with Gasteiger partial charge in [-0.15, -0.1) is 11.8 Å². The van der Waals surface area contributed by atoms with E-state index in [4.69, 9.17) is 0 Å². The highest BCUT2D eigenvalue weighted by molar-refractivity contribution is 8.00. The molecule has 1 unspecified atom stereocenters. The molecule has 1 saturated heterocycles. The maximum absolute atomic E-state index is 3.58. The number of hydrogen-bond donors (Lipinski definition) is 2. The van der Waals surface area contributed by atoms with E-state index in [-0.39, 0.29) is 4.75 Å². The van der Waals surface area contributed by atoms with Gasteiger partial charge in [0.25, 0.3) is 0 Å². The summed E-state index contributed by atoms with van der Waals surface area (Å²) in [5, 5.41) is 7.16. The molecule has 0 amide bonds. The lowest BCUT2D eigenvalue weighted by Gasteiger charge is -2.31. The summed E-state index contributed by atoms with van der Waals surface area (Å²) in [6, 6.07) is 8.99. The minimum atomic E-state index is 0.269. The Balaban J connectivity index is 1.86. The van der Waals surface area contributed by atoms with Crippen LogP contribution in [-0.4, -0.2) is 16.7 Å². The van der Waals surface area contributed by atoms with Crippen molar-refractivity contribution in [2.24, 2.45) is 0 Å². The molecular weight excluding hydrogens is 228 g/mol. The van der Waals surface area contributed by atoms with Gasteiger partial charge in [-0.1, -0.05) is 24.3 Å². The summed E-state index contributed by atoms with van der Waals surface area (Å²) in [4.78, 5) is 0. The van der Waals surface area contributed by atoms with Crippen molar-refractivity contribution >= 4 is 17.4 Å². The number of benzene rings is 1. The third-order valence-electron chi connectivity index (χ3n) is 3.58. The monoisotopic (exact) mass is 246 g/mol. The van der Waals surface area contributed by atoms with Crippen LogP contribution < -0.4 is 10.6 Å². The SMILES string of the molecule is CC1(C)SCNC1C1=CCc2ccccc2N1. The Morgan fingerprint density at radius 1 is 1.29 bits per heavy atom. The molecule has 2 N–H and O–H groups in total. The molecule has 1 aromatic rings. The number of nitrogens with one attached hydrogen (secondary N) is 2. The smallest absolute Gasteiger partial charge is 0.0620 e. The lowest BCUT2D eigenvalue weighted by Crippen LogP contribution is -2.41. The van der Waals surface area contributed by atoms with Crippen molar-refractivity contribution in [3.05, 3.63) is 41.6 Å². The van der Waals surface area contributed by atoms with E-state index in [1.54, 1.807) is 0 Å². The van der Waals surface area contributed by atoms with Crippen molar-refractivity contribution < 1.29 is 0 Å². The van der Waals surface area contributed by atoms with Crippen LogP contribution in [-0.2, 0) is 6.42 Å². The molecule has 0 aromatic heterocycles. The Labute approximate surface area is 107 Å². The summed E-state index contributed by atoms with van der Waals surface area (Å²) < 4.78 is 0.269. The van der Waals surface area contributed by atoms with E-state index in [0.717, 1.165) is 12.3 Å². The van der Waals surface area contributed by atoms with Crippen molar-refractivity contribution in [1.82, 2.24) is 5.32 Å². The summed E-state index contributed by atoms with van der Waals surface area (Å²) in [5.74, 6) is 1.04. The van der Waals surface area contributed by atoms with Gasteiger partial charge in [-0.2, -0.15) is 0 Å². The molecule has 0 aliphatic carbocycles. The Hall–Kier alpha value is -0.930. The van der Waals surface area contributed by atoms with E-state index < -0.39 is 0 Å². The van der Waals surface area contributed by atoms with E-state index in [0.29, 0.717) is 6.04 Å². The van der Waals surface area contributed by atoms with Crippen molar-refractivity contribution in [3.63, 3.8) is 0 Å². The Bertz CT molecular complexity index is 465. The Morgan fingerprint density at radius 3 is 2.88 bits per heavy atom. The Kier molecular flexibility index (Phi) is 2.68. The average molecular weight is 246 g/mol. The van der Waals surface area contributed by atoms with Gasteiger partial charge in [-0.25, -0.2) is 0 Å². The van der Waals surface area contributed by atoms with Gasteiger partial charge in [-0.3, -0.25) is 5.32 Å². The summed E-state index contributed by atoms with van der Waals surface area (Å²) in [7, 11) is 0. The molecule has 1 aromatic carbocycles. The zero-order valence-corrected chi connectivity index (χ0v) is 11.1. The molecule has 3 heteroatoms. The van der Waals surface area contributed by atoms with Gasteiger partial charge in [0.05, 0.1) is 6.04 Å². The summed E-state index contributed by atoms with van der Waals surface area (Å²) in [6.45, 7) is 4.62. The predicted octanol–water partition coefficient (Wildman–Crippen LogP) is 2.98. The first kappa shape index (κ1) is 11.2. The van der Waals surface area contributed by atoms with Crippen LogP contribution in [0.3, 0.4) is 0 Å². The van der Waals surface area contributed by atoms with E-state index in [2.05, 4.69) is 54.8 Å². The Morgan fingerprint density at radius 2 is 2.12 bits per heavy atom. The number of allylic oxidation sites excluding steroid dienone is 1. The molecule has 2 nitrogen and oxygen atoms in total. The quantitative estimate of drug-likeness (QED) is 0.796. The maximum atomic E-state index is 3.58. The van der Waals surface area contributed by atoms with Crippen molar-refractivity contribution in [1.29, 1.82) is 0 Å². The maximum Gasteiger partial charge on any atom is 0.0620 e. The number of rotatable bonds is 1. The van der Waals surface area contributed by atoms with Crippen molar-refractivity contribution in [2.45, 2.75) is 31.1 Å². The van der Waals surface area contributed by atoms with Crippen LogP contribution in [0.1, 0.15) is 19.4 Å². The molecule has 0 saturated carbocycles. The van der Waals surface area contributed by atoms with Crippen molar-refractivity contribution in [2.75, 3.05) is 11.2 Å². The first-order valence-electron chi connectivity index (χ1n) is 6.09. The molecule has 1 atom stereocenters. The topological polar surface area (TPSA) is 24.1 Å². The fourth-order valence-electron chi connectivity index (χ4n) is 2.56. The molecule has 1 fully saturated rings. The zero-order valence-electron chi connectivity index (χ0n) is 10.3. The third-order valence-corrected chi connectivity index (χ3v) is 4.87. The second kappa shape index (κ2) is 4.07. The first-order chi connectivity index (χ1) is 8.17. The van der Waals surface area contributed by atoms with Gasteiger partial charge in [-0.05, 0) is 31.9 Å². The molecule has 2 heterocycles. The minimum Gasteiger partial charge on any atom is -0.358 e. The van der Waals surface area contributed by atoms with Gasteiger partial charge >= 0.3 is 0 Å². The molecule has 0 radical (unpaired) electrons. The summed E-state index contributed by atoms with van der Waals surface area (Å²) >= 11 is 1.99. The predicted molar refractivity (Wildman–Crippen MR) is 75.3 cm³/mol. The van der Waals surface area contributed by atoms with E-state index >= 15 is 0 Å². The largest absolute Gasteiger partial charge is 0.358 e. The van der Waals surface area contributed by atoms with Crippen LogP contribution >= 0.6 is 11.8 Å². The number of thioether (sulfide) groups is 1. The number of fused-ring (bicyclic) bond motifs is 1. The van der Waals surface area contributed by atoms with Crippen LogP contribution in [0.25, 0.3) is 0 Å². The van der Waals surface area contributed by atoms with Crippen LogP contribution in [0, 0.1) is 0 Å². The lowest BCUT2D eigenvalue weighted by molar-refractivity contribution is 0.544. The second-order valence-corrected chi connectivity index (χ2v) is 6.80. The van der Waals surface area contributed by atoms with Crippen molar-refractivity contribution in [3.8, 4) is 0 Å². The summed E-state index contributed by atoms with van der Waals surface area (Å²) in [6.07, 6.45) is 3.37. The van der Waals surface area contributed by atoms with E-state index in [1.807, 2.05) is 11.8 Å². The highest BCUT2D eigenvalue weighted by Gasteiger charge is 2.38. The first-order valence-corrected chi connectivity index (χ1v) is 7.08. The minimum absolute atomic E-state index is 0.269. The van der Waals surface area contributed by atoms with Gasteiger partial charge in [0, 0.05) is 22.0 Å². The standard InChI is InChI=1S/C14H18N2S/c1-14(2)13(15-9-17-14)12-8-7-10-5-3-4-6-11(10)16-12/h3-6,8,13,15-16H,7,9H2,1-2H3. The van der Waals surface area contributed by atoms with E-state index in [1.165, 1.54) is 16.9 Å². The second-order valence-electron chi connectivity index (χ2n) is 5.17. The normalized spacial score (nSPS) is 26.0.